The molecule has 6 heteroatoms. The van der Waals surface area contributed by atoms with Gasteiger partial charge < -0.3 is 19.2 Å². The summed E-state index contributed by atoms with van der Waals surface area (Å²) in [5.41, 5.74) is -0.928. The van der Waals surface area contributed by atoms with Gasteiger partial charge in [-0.15, -0.1) is 0 Å². The third-order valence-electron chi connectivity index (χ3n) is 7.31. The lowest BCUT2D eigenvalue weighted by Crippen LogP contribution is -2.66. The maximum absolute atomic E-state index is 13.0. The summed E-state index contributed by atoms with van der Waals surface area (Å²) < 4.78 is 12.8. The first-order chi connectivity index (χ1) is 17.0. The Bertz CT molecular complexity index is 928. The number of rotatable bonds is 9. The lowest BCUT2D eigenvalue weighted by molar-refractivity contribution is 0.000425. The quantitative estimate of drug-likeness (QED) is 0.357. The van der Waals surface area contributed by atoms with Crippen LogP contribution in [-0.2, 0) is 9.16 Å². The summed E-state index contributed by atoms with van der Waals surface area (Å²) in [6.07, 6.45) is 3.68. The number of nitrogens with zero attached hydrogens (tertiary/aromatic N) is 1. The van der Waals surface area contributed by atoms with Crippen LogP contribution in [0.2, 0.25) is 5.04 Å². The van der Waals surface area contributed by atoms with Crippen molar-refractivity contribution < 1.29 is 19.1 Å². The highest BCUT2D eigenvalue weighted by molar-refractivity contribution is 6.99. The summed E-state index contributed by atoms with van der Waals surface area (Å²) in [6.45, 7) is 13.9. The fourth-order valence-electron chi connectivity index (χ4n) is 5.78. The van der Waals surface area contributed by atoms with Crippen LogP contribution < -0.4 is 10.4 Å². The Hall–Kier alpha value is -2.15. The number of hydrogen-bond acceptors (Lipinski definition) is 4. The highest BCUT2D eigenvalue weighted by atomic mass is 28.4. The van der Waals surface area contributed by atoms with Crippen molar-refractivity contribution in [1.82, 2.24) is 4.90 Å². The minimum atomic E-state index is -2.59. The van der Waals surface area contributed by atoms with Crippen LogP contribution in [0.25, 0.3) is 0 Å². The van der Waals surface area contributed by atoms with Crippen LogP contribution in [0.15, 0.2) is 60.7 Å². The molecule has 3 rings (SSSR count). The summed E-state index contributed by atoms with van der Waals surface area (Å²) >= 11 is 0. The van der Waals surface area contributed by atoms with Crippen molar-refractivity contribution in [2.75, 3.05) is 19.8 Å². The fraction of sp³-hybridized carbons (Fsp3) is 0.567. The van der Waals surface area contributed by atoms with E-state index in [4.69, 9.17) is 9.16 Å². The topological polar surface area (TPSA) is 59.0 Å². The Kier molecular flexibility index (Phi) is 9.07. The summed E-state index contributed by atoms with van der Waals surface area (Å²) in [5.74, 6) is 0. The van der Waals surface area contributed by atoms with Crippen LogP contribution in [0, 0.1) is 0 Å². The number of likely N-dealkylation sites (tertiary alicyclic amines) is 1. The Morgan fingerprint density at radius 3 is 1.97 bits per heavy atom. The van der Waals surface area contributed by atoms with Crippen LogP contribution in [0.1, 0.15) is 73.6 Å². The van der Waals surface area contributed by atoms with E-state index >= 15 is 0 Å². The van der Waals surface area contributed by atoms with Gasteiger partial charge in [0.25, 0.3) is 8.32 Å². The molecular weight excluding hydrogens is 466 g/mol. The van der Waals surface area contributed by atoms with E-state index in [0.29, 0.717) is 19.6 Å². The first-order valence-electron chi connectivity index (χ1n) is 13.3. The molecular formula is C30H45NO4Si. The van der Waals surface area contributed by atoms with E-state index in [1.165, 1.54) is 10.4 Å². The molecule has 1 heterocycles. The maximum Gasteiger partial charge on any atom is 0.410 e. The minimum Gasteiger partial charge on any atom is -0.444 e. The van der Waals surface area contributed by atoms with Crippen molar-refractivity contribution in [2.24, 2.45) is 0 Å². The summed E-state index contributed by atoms with van der Waals surface area (Å²) in [7, 11) is -2.59. The third-order valence-corrected chi connectivity index (χ3v) is 12.4. The molecule has 0 aliphatic carbocycles. The van der Waals surface area contributed by atoms with E-state index in [-0.39, 0.29) is 23.3 Å². The third kappa shape index (κ3) is 6.21. The van der Waals surface area contributed by atoms with Gasteiger partial charge in [-0.25, -0.2) is 4.79 Å². The zero-order valence-corrected chi connectivity index (χ0v) is 24.0. The first-order valence-corrected chi connectivity index (χ1v) is 15.2. The molecule has 1 aliphatic rings. The Morgan fingerprint density at radius 1 is 0.944 bits per heavy atom. The Balaban J connectivity index is 1.84. The van der Waals surface area contributed by atoms with Crippen molar-refractivity contribution in [2.45, 2.75) is 89.8 Å². The zero-order chi connectivity index (χ0) is 26.5. The lowest BCUT2D eigenvalue weighted by atomic mass is 9.87. The normalized spacial score (nSPS) is 18.9. The predicted molar refractivity (Wildman–Crippen MR) is 149 cm³/mol. The average Bonchev–Trinajstić information content (AvgIpc) is 3.22. The minimum absolute atomic E-state index is 0.0505. The van der Waals surface area contributed by atoms with Gasteiger partial charge in [0.2, 0.25) is 0 Å². The van der Waals surface area contributed by atoms with E-state index in [0.717, 1.165) is 25.7 Å². The van der Waals surface area contributed by atoms with E-state index in [2.05, 4.69) is 81.4 Å². The van der Waals surface area contributed by atoms with Gasteiger partial charge >= 0.3 is 6.09 Å². The second kappa shape index (κ2) is 11.5. The SMILES string of the molecule is CC(C)(C)OC(=O)N1CCC[C@@]1(CCO)CCCO[Si](c1ccccc1)(c1ccccc1)C(C)(C)C. The second-order valence-electron chi connectivity index (χ2n) is 12.0. The van der Waals surface area contributed by atoms with Gasteiger partial charge in [0.1, 0.15) is 5.60 Å². The van der Waals surface area contributed by atoms with Gasteiger partial charge in [0.05, 0.1) is 0 Å². The number of benzene rings is 2. The van der Waals surface area contributed by atoms with E-state index < -0.39 is 13.9 Å². The van der Waals surface area contributed by atoms with Crippen LogP contribution in [0.5, 0.6) is 0 Å². The van der Waals surface area contributed by atoms with Crippen molar-refractivity contribution in [3.8, 4) is 0 Å². The molecule has 1 aliphatic heterocycles. The van der Waals surface area contributed by atoms with Crippen LogP contribution in [0.3, 0.4) is 0 Å². The maximum atomic E-state index is 13.0. The van der Waals surface area contributed by atoms with E-state index in [9.17, 15) is 9.90 Å². The number of carbonyl (C=O) groups excluding carboxylic acids is 1. The van der Waals surface area contributed by atoms with Gasteiger partial charge in [-0.3, -0.25) is 0 Å². The molecule has 0 saturated carbocycles. The average molecular weight is 512 g/mol. The molecule has 0 unspecified atom stereocenters. The number of aliphatic hydroxyl groups is 1. The smallest absolute Gasteiger partial charge is 0.410 e. The largest absolute Gasteiger partial charge is 0.444 e. The van der Waals surface area contributed by atoms with Crippen molar-refractivity contribution >= 4 is 24.8 Å². The fourth-order valence-corrected chi connectivity index (χ4v) is 10.4. The molecule has 0 aromatic heterocycles. The van der Waals surface area contributed by atoms with E-state index in [1.807, 2.05) is 25.7 Å². The summed E-state index contributed by atoms with van der Waals surface area (Å²) in [6, 6.07) is 21.3. The van der Waals surface area contributed by atoms with Gasteiger partial charge in [0.15, 0.2) is 0 Å². The number of aliphatic hydroxyl groups excluding tert-OH is 1. The zero-order valence-electron chi connectivity index (χ0n) is 23.0. The van der Waals surface area contributed by atoms with Crippen LogP contribution in [-0.4, -0.2) is 55.3 Å². The van der Waals surface area contributed by atoms with Crippen LogP contribution >= 0.6 is 0 Å². The molecule has 1 saturated heterocycles. The van der Waals surface area contributed by atoms with Gasteiger partial charge in [-0.2, -0.15) is 0 Å². The molecule has 198 valence electrons. The summed E-state index contributed by atoms with van der Waals surface area (Å²) in [5, 5.41) is 12.4. The Morgan fingerprint density at radius 2 is 1.50 bits per heavy atom. The first kappa shape index (κ1) is 28.4. The lowest BCUT2D eigenvalue weighted by Gasteiger charge is -2.43. The molecule has 1 N–H and O–H groups in total. The molecule has 2 aromatic rings. The molecule has 0 bridgehead atoms. The molecule has 1 atom stereocenters. The van der Waals surface area contributed by atoms with Gasteiger partial charge in [0, 0.05) is 25.3 Å². The molecule has 5 nitrogen and oxygen atoms in total. The highest BCUT2D eigenvalue weighted by Crippen LogP contribution is 2.39. The number of ether oxygens (including phenoxy) is 1. The van der Waals surface area contributed by atoms with Crippen LogP contribution in [0.4, 0.5) is 4.79 Å². The van der Waals surface area contributed by atoms with E-state index in [1.54, 1.807) is 0 Å². The standard InChI is InChI=1S/C30H45NO4Si/c1-28(2,3)35-27(33)31-22-13-19-30(31,21-23-32)20-14-24-34-36(29(4,5)6,25-15-9-7-10-16-25)26-17-11-8-12-18-26/h7-12,15-18,32H,13-14,19-24H2,1-6H3/t30-/m0/s1. The van der Waals surface area contributed by atoms with Crippen molar-refractivity contribution in [3.63, 3.8) is 0 Å². The number of hydrogen-bond donors (Lipinski definition) is 1. The van der Waals surface area contributed by atoms with Gasteiger partial charge in [-0.1, -0.05) is 81.4 Å². The summed E-state index contributed by atoms with van der Waals surface area (Å²) in [4.78, 5) is 14.9. The number of amides is 1. The van der Waals surface area contributed by atoms with Crippen molar-refractivity contribution in [1.29, 1.82) is 0 Å². The van der Waals surface area contributed by atoms with Gasteiger partial charge in [-0.05, 0) is 68.3 Å². The molecule has 1 amide bonds. The highest BCUT2D eigenvalue weighted by Gasteiger charge is 2.50. The molecule has 0 radical (unpaired) electrons. The number of carbonyl (C=O) groups is 1. The monoisotopic (exact) mass is 511 g/mol. The van der Waals surface area contributed by atoms with Crippen molar-refractivity contribution in [3.05, 3.63) is 60.7 Å². The predicted octanol–water partition coefficient (Wildman–Crippen LogP) is 5.50. The molecule has 2 aromatic carbocycles. The molecule has 0 spiro atoms. The second-order valence-corrected chi connectivity index (χ2v) is 16.4. The Labute approximate surface area is 218 Å². The molecule has 36 heavy (non-hydrogen) atoms. The molecule has 1 fully saturated rings.